The van der Waals surface area contributed by atoms with Crippen LogP contribution in [0.4, 0.5) is 0 Å². The molecule has 87 heavy (non-hydrogen) atoms. The quantitative estimate of drug-likeness (QED) is 0.0291. The minimum atomic E-state index is -3.78. The van der Waals surface area contributed by atoms with Gasteiger partial charge in [-0.2, -0.15) is 0 Å². The van der Waals surface area contributed by atoms with Crippen molar-refractivity contribution in [2.75, 3.05) is 107 Å². The second-order valence-electron chi connectivity index (χ2n) is 21.5. The number of hydrogen-bond donors (Lipinski definition) is 14. The molecule has 0 aromatic rings. The number of carbonyl (C=O) groups excluding carboxylic acids is 1. The van der Waals surface area contributed by atoms with Crippen molar-refractivity contribution in [2.45, 2.75) is 190 Å². The topological polar surface area (TPSA) is 425 Å². The van der Waals surface area contributed by atoms with E-state index in [1.54, 1.807) is 13.8 Å². The van der Waals surface area contributed by atoms with Crippen LogP contribution in [0.5, 0.6) is 0 Å². The highest BCUT2D eigenvalue weighted by Crippen LogP contribution is 2.47. The Morgan fingerprint density at radius 3 is 1.11 bits per heavy atom. The zero-order chi connectivity index (χ0) is 65.0. The van der Waals surface area contributed by atoms with Gasteiger partial charge in [0.15, 0.2) is 18.9 Å². The highest BCUT2D eigenvalue weighted by Gasteiger charge is 2.46. The van der Waals surface area contributed by atoms with Crippen molar-refractivity contribution in [1.29, 1.82) is 0 Å². The molecule has 0 spiro atoms. The predicted molar refractivity (Wildman–Crippen MR) is 327 cm³/mol. The largest absolute Gasteiger partial charge is 0.394 e. The maximum atomic E-state index is 11.8. The van der Waals surface area contributed by atoms with Crippen molar-refractivity contribution < 1.29 is 135 Å². The lowest BCUT2D eigenvalue weighted by molar-refractivity contribution is -0.282. The predicted octanol–water partition coefficient (Wildman–Crippen LogP) is 0.502. The first-order chi connectivity index (χ1) is 41.0. The summed E-state index contributed by atoms with van der Waals surface area (Å²) in [6.45, 7) is -10.9. The van der Waals surface area contributed by atoms with E-state index in [0.29, 0.717) is 90.0 Å². The van der Waals surface area contributed by atoms with Crippen LogP contribution >= 0.6 is 26.9 Å². The summed E-state index contributed by atoms with van der Waals surface area (Å²) in [6.07, 6.45) is -8.75. The zero-order valence-corrected chi connectivity index (χ0v) is 56.9. The average Bonchev–Trinajstić information content (AvgIpc) is 2.40. The van der Waals surface area contributed by atoms with Crippen LogP contribution in [-0.4, -0.2) is 268 Å². The highest BCUT2D eigenvalue weighted by atomic mass is 32.5. The van der Waals surface area contributed by atoms with Gasteiger partial charge >= 0.3 is 26.9 Å². The molecule has 0 radical (unpaired) electrons. The van der Waals surface area contributed by atoms with Crippen LogP contribution in [0.2, 0.25) is 0 Å². The molecule has 3 saturated heterocycles. The third-order valence-corrected chi connectivity index (χ3v) is 21.6. The molecule has 14 N–H and O–H groups in total. The molecule has 10 unspecified atom stereocenters. The van der Waals surface area contributed by atoms with E-state index in [0.717, 1.165) is 0 Å². The molecule has 38 heteroatoms. The number of carbonyl (C=O) groups is 1. The number of nitrogens with one attached hydrogen (secondary N) is 1. The minimum absolute atomic E-state index is 0.0214. The maximum absolute atomic E-state index is 11.8. The number of aliphatic hydroxyl groups excluding tert-OH is 9. The molecule has 516 valence electrons. The molecule has 0 aliphatic carbocycles. The molecule has 3 fully saturated rings. The fourth-order valence-electron chi connectivity index (χ4n) is 9.76. The van der Waals surface area contributed by atoms with E-state index < -0.39 is 150 Å². The Morgan fingerprint density at radius 2 is 0.770 bits per heavy atom. The van der Waals surface area contributed by atoms with Gasteiger partial charge in [-0.3, -0.25) is 4.79 Å². The lowest BCUT2D eigenvalue weighted by Crippen LogP contribution is -2.64. The number of hydrogen-bond acceptors (Lipinski definition) is 29. The van der Waals surface area contributed by atoms with E-state index in [1.807, 2.05) is 7.05 Å². The van der Waals surface area contributed by atoms with Crippen molar-refractivity contribution in [3.05, 3.63) is 0 Å². The number of ether oxygens (including phenoxy) is 6. The Bertz CT molecular complexity index is 2050. The first-order valence-corrected chi connectivity index (χ1v) is 39.4. The fraction of sp³-hybridized carbons (Fsp3) is 0.980. The van der Waals surface area contributed by atoms with Gasteiger partial charge in [-0.25, -0.2) is 0 Å². The standard InChI is InChI=1S/C49H98N2O28P4S4/c1-33-40(56)42(58)36(30-52)77-46(33)67-20-6-9-23-71-81(63,85)74-26-12-16-49(51(4)19-15-29-70-80(62,84)66-5,17-13-27-75-82(64,86)72-24-10-7-21-68-47-34(2)41(57)43(59)37(31-53)78-47)18-14-28-76-83(65,87)73-25-11-8-22-69-48-39(50-35(3)55)45(61)44(60)38(32-54)79-48/h33-34,36-48,52-54,56-61H,6-32H2,1-5H3,(H,50,55)(H,62,84)(H,63,85)(H,64,86)(H,65,87)/t33?,34?,36?,37?,38?,39?,40-,41-,42+,43+,44+,45-,46-,47-,48-,49?,80?,81?,82?,83?/m1/s1. The van der Waals surface area contributed by atoms with Crippen LogP contribution in [0.15, 0.2) is 0 Å². The summed E-state index contributed by atoms with van der Waals surface area (Å²) in [6, 6.07) is -1.11. The Labute approximate surface area is 530 Å². The molecular formula is C49H98N2O28P4S4. The van der Waals surface area contributed by atoms with Gasteiger partial charge in [-0.15, -0.1) is 0 Å². The molecule has 3 heterocycles. The van der Waals surface area contributed by atoms with E-state index in [2.05, 4.69) is 10.2 Å². The van der Waals surface area contributed by atoms with Gasteiger partial charge in [0, 0.05) is 57.8 Å². The Kier molecular flexibility index (Phi) is 39.5. The summed E-state index contributed by atoms with van der Waals surface area (Å²) in [4.78, 5) is 57.2. The summed E-state index contributed by atoms with van der Waals surface area (Å²) in [5.41, 5.74) is -0.727. The van der Waals surface area contributed by atoms with Gasteiger partial charge in [0.2, 0.25) is 5.91 Å². The number of aliphatic hydroxyl groups is 9. The number of amides is 1. The molecule has 0 bridgehead atoms. The maximum Gasteiger partial charge on any atom is 0.324 e. The van der Waals surface area contributed by atoms with Gasteiger partial charge in [0.05, 0.1) is 78.3 Å². The molecule has 3 aliphatic heterocycles. The number of rotatable bonds is 47. The third-order valence-electron chi connectivity index (χ3n) is 14.9. The van der Waals surface area contributed by atoms with Gasteiger partial charge in [0.1, 0.15) is 48.8 Å². The van der Waals surface area contributed by atoms with E-state index in [1.165, 1.54) is 14.0 Å². The SMILES string of the molecule is COP(O)(=S)OCCCN(C)C(CCCOP(O)(=S)OCCCCO[C@@H]1OC(CO)[C@H](O)[C@H](O)C1C)(CCCOP(O)(=S)OCCCCO[C@@H]1OC(CO)[C@H](O)[C@H](O)C1C)CCCOP(O)(=S)OCCCCO[C@@H]1OC(CO)[C@H](O)[C@H](O)C1NC(C)=O. The number of unbranched alkanes of at least 4 members (excludes halogenated alkanes) is 3. The smallest absolute Gasteiger partial charge is 0.324 e. The van der Waals surface area contributed by atoms with Crippen molar-refractivity contribution in [2.24, 2.45) is 11.8 Å². The van der Waals surface area contributed by atoms with Crippen LogP contribution in [0.25, 0.3) is 0 Å². The highest BCUT2D eigenvalue weighted by molar-refractivity contribution is 8.08. The summed E-state index contributed by atoms with van der Waals surface area (Å²) in [5, 5.41) is 92.9. The van der Waals surface area contributed by atoms with E-state index in [9.17, 15) is 70.3 Å². The van der Waals surface area contributed by atoms with Crippen LogP contribution in [-0.2, 0) is 117 Å². The van der Waals surface area contributed by atoms with Crippen LogP contribution in [0.3, 0.4) is 0 Å². The summed E-state index contributed by atoms with van der Waals surface area (Å²) >= 11 is 21.1. The van der Waals surface area contributed by atoms with Crippen LogP contribution < -0.4 is 5.32 Å². The Hall–Kier alpha value is 0.950. The number of nitrogens with zero attached hydrogens (tertiary/aromatic N) is 1. The van der Waals surface area contributed by atoms with Crippen molar-refractivity contribution in [3.8, 4) is 0 Å². The van der Waals surface area contributed by atoms with Crippen molar-refractivity contribution in [1.82, 2.24) is 10.2 Å². The van der Waals surface area contributed by atoms with E-state index in [4.69, 9.17) is 112 Å². The van der Waals surface area contributed by atoms with Gasteiger partial charge in [-0.05, 0) is 138 Å². The average molecular weight is 1420 g/mol. The van der Waals surface area contributed by atoms with Gasteiger partial charge in [-0.1, -0.05) is 13.8 Å². The fourth-order valence-corrected chi connectivity index (χ4v) is 14.2. The van der Waals surface area contributed by atoms with Crippen molar-refractivity contribution in [3.63, 3.8) is 0 Å². The molecule has 19 atom stereocenters. The third kappa shape index (κ3) is 29.9. The lowest BCUT2D eigenvalue weighted by Gasteiger charge is -2.43. The summed E-state index contributed by atoms with van der Waals surface area (Å²) in [5.74, 6) is -1.62. The lowest BCUT2D eigenvalue weighted by atomic mass is 9.82. The van der Waals surface area contributed by atoms with Crippen LogP contribution in [0, 0.1) is 11.8 Å². The minimum Gasteiger partial charge on any atom is -0.394 e. The van der Waals surface area contributed by atoms with E-state index in [-0.39, 0.29) is 66.1 Å². The van der Waals surface area contributed by atoms with Crippen LogP contribution in [0.1, 0.15) is 104 Å². The molecule has 1 amide bonds. The second kappa shape index (κ2) is 41.8. The monoisotopic (exact) mass is 1410 g/mol. The normalized spacial score (nSPS) is 31.6. The first kappa shape index (κ1) is 82.2. The summed E-state index contributed by atoms with van der Waals surface area (Å²) < 4.78 is 78.6. The molecular weight excluding hydrogens is 1320 g/mol. The van der Waals surface area contributed by atoms with E-state index >= 15 is 0 Å². The molecule has 0 aromatic carbocycles. The molecule has 30 nitrogen and oxygen atoms in total. The Morgan fingerprint density at radius 1 is 0.471 bits per heavy atom. The summed E-state index contributed by atoms with van der Waals surface area (Å²) in [7, 11) is 3.14. The first-order valence-electron chi connectivity index (χ1n) is 29.1. The second-order valence-corrected chi connectivity index (χ2v) is 33.0. The molecule has 0 aromatic heterocycles. The molecule has 0 saturated carbocycles. The Balaban J connectivity index is 1.64. The van der Waals surface area contributed by atoms with Crippen molar-refractivity contribution >= 4 is 80.0 Å². The van der Waals surface area contributed by atoms with Gasteiger partial charge < -0.3 is 140 Å². The zero-order valence-electron chi connectivity index (χ0n) is 50.1. The molecule has 3 aliphatic rings. The molecule has 3 rings (SSSR count). The van der Waals surface area contributed by atoms with Gasteiger partial charge in [0.25, 0.3) is 0 Å².